The number of phenols is 1. The number of aromatic hydroxyl groups is 1. The van der Waals surface area contributed by atoms with E-state index in [2.05, 4.69) is 327 Å². The SMILES string of the molecule is CC(C)(C)c1ccccc1.CC(C)c1ccccc1O.CN(C)c1ccc(C(C)(C)C)cc1.Cc1cc2c3c(c1)N(c1ccc(-c4cccc5oc6ccccc6c45)cc1)c1ccc(C(C)(C)C)cc1B3c1ccccc1N2c1ccc(C(C)(C)C)cc1. The second kappa shape index (κ2) is 24.8. The number of anilines is 7. The number of nitrogens with zero attached hydrogens (tertiary/aromatic N) is 3. The summed E-state index contributed by atoms with van der Waals surface area (Å²) in [5, 5.41) is 11.6. The van der Waals surface area contributed by atoms with Crippen LogP contribution in [0.2, 0.25) is 0 Å². The highest BCUT2D eigenvalue weighted by Crippen LogP contribution is 2.46. The molecule has 1 N–H and O–H groups in total. The van der Waals surface area contributed by atoms with Gasteiger partial charge in [-0.05, 0) is 174 Å². The van der Waals surface area contributed by atoms with Crippen LogP contribution in [0.15, 0.2) is 229 Å². The second-order valence-corrected chi connectivity index (χ2v) is 28.5. The molecule has 0 saturated heterocycles. The van der Waals surface area contributed by atoms with Crippen LogP contribution in [-0.2, 0) is 21.7 Å². The highest BCUT2D eigenvalue weighted by Gasteiger charge is 2.44. The number of hydrogen-bond donors (Lipinski definition) is 1. The van der Waals surface area contributed by atoms with Crippen molar-refractivity contribution in [3.05, 3.63) is 258 Å². The average Bonchev–Trinajstić information content (AvgIpc) is 0.825. The molecule has 6 heteroatoms. The van der Waals surface area contributed by atoms with E-state index in [1.54, 1.807) is 6.07 Å². The molecule has 0 spiro atoms. The van der Waals surface area contributed by atoms with Crippen molar-refractivity contribution in [2.75, 3.05) is 28.8 Å². The van der Waals surface area contributed by atoms with Crippen LogP contribution in [0.5, 0.6) is 5.75 Å². The number of hydrogen-bond acceptors (Lipinski definition) is 5. The van der Waals surface area contributed by atoms with E-state index in [-0.39, 0.29) is 23.0 Å². The molecule has 0 unspecified atom stereocenters. The normalized spacial score (nSPS) is 12.7. The molecule has 0 saturated carbocycles. The van der Waals surface area contributed by atoms with Crippen LogP contribution in [0.25, 0.3) is 33.1 Å². The molecule has 11 aromatic rings. The summed E-state index contributed by atoms with van der Waals surface area (Å²) in [4.78, 5) is 7.13. The predicted octanol–water partition coefficient (Wildman–Crippen LogP) is 20.8. The van der Waals surface area contributed by atoms with Crippen molar-refractivity contribution < 1.29 is 9.52 Å². The summed E-state index contributed by atoms with van der Waals surface area (Å²) >= 11 is 0. The first-order valence-electron chi connectivity index (χ1n) is 31.4. The van der Waals surface area contributed by atoms with Crippen LogP contribution in [-0.4, -0.2) is 25.9 Å². The summed E-state index contributed by atoms with van der Waals surface area (Å²) in [7, 11) is 4.12. The topological polar surface area (TPSA) is 43.1 Å². The van der Waals surface area contributed by atoms with Gasteiger partial charge in [0.1, 0.15) is 16.9 Å². The Morgan fingerprint density at radius 3 is 1.45 bits per heavy atom. The molecule has 0 bridgehead atoms. The van der Waals surface area contributed by atoms with Crippen LogP contribution in [0.3, 0.4) is 0 Å². The van der Waals surface area contributed by atoms with Gasteiger partial charge in [0, 0.05) is 64.7 Å². The smallest absolute Gasteiger partial charge is 0.252 e. The molecule has 10 aromatic carbocycles. The van der Waals surface area contributed by atoms with E-state index in [9.17, 15) is 5.11 Å². The van der Waals surface area contributed by atoms with E-state index in [0.717, 1.165) is 33.2 Å². The summed E-state index contributed by atoms with van der Waals surface area (Å²) in [5.74, 6) is 0.804. The van der Waals surface area contributed by atoms with Gasteiger partial charge in [0.2, 0.25) is 0 Å². The standard InChI is InChI=1S/C51H45BN2O.C12H19N.C10H14.C9H12O/c1-32-29-44-49-45(30-32)54(36-24-19-33(20-25-36)38-14-12-18-47-48(38)39-13-8-11-17-46(39)55-47)43-28-23-35(51(5,6)7)31-41(43)52(49)40-15-9-10-16-42(40)53(44)37-26-21-34(22-27-37)50(2,3)4;1-12(2,3)10-6-8-11(9-7-10)13(4)5;1-10(2,3)9-7-5-4-6-8-9;1-7(2)8-5-3-4-6-9(8)10/h8-31H,1-7H3;6-9H,1-5H3;4-8H,1-3H3;3-7,10H,1-2H3. The molecule has 3 heterocycles. The molecular weight excluding hydrogens is 1070 g/mol. The van der Waals surface area contributed by atoms with Crippen molar-refractivity contribution >= 4 is 84.9 Å². The quantitative estimate of drug-likeness (QED) is 0.174. The van der Waals surface area contributed by atoms with Gasteiger partial charge in [0.05, 0.1) is 0 Å². The van der Waals surface area contributed by atoms with Crippen LogP contribution in [0, 0.1) is 6.92 Å². The maximum Gasteiger partial charge on any atom is 0.252 e. The zero-order valence-electron chi connectivity index (χ0n) is 55.2. The van der Waals surface area contributed by atoms with Gasteiger partial charge in [-0.2, -0.15) is 0 Å². The maximum absolute atomic E-state index is 9.28. The average molecular weight is 1160 g/mol. The first-order valence-corrected chi connectivity index (χ1v) is 31.4. The zero-order valence-corrected chi connectivity index (χ0v) is 55.2. The number of benzene rings is 10. The lowest BCUT2D eigenvalue weighted by Gasteiger charge is -2.44. The number of furan rings is 1. The highest BCUT2D eigenvalue weighted by atomic mass is 16.3. The summed E-state index contributed by atoms with van der Waals surface area (Å²) in [6.45, 7) is 33.6. The van der Waals surface area contributed by atoms with E-state index in [0.29, 0.717) is 17.1 Å². The van der Waals surface area contributed by atoms with Crippen molar-refractivity contribution in [2.24, 2.45) is 0 Å². The number of fused-ring (bicyclic) bond motifs is 7. The molecule has 2 aliphatic heterocycles. The van der Waals surface area contributed by atoms with Crippen molar-refractivity contribution in [1.29, 1.82) is 0 Å². The minimum atomic E-state index is 0.00515. The van der Waals surface area contributed by atoms with Crippen LogP contribution in [0.1, 0.15) is 136 Å². The third-order valence-electron chi connectivity index (χ3n) is 17.3. The molecule has 0 atom stereocenters. The van der Waals surface area contributed by atoms with E-state index in [1.807, 2.05) is 24.3 Å². The van der Waals surface area contributed by atoms with E-state index in [1.165, 1.54) is 89.5 Å². The lowest BCUT2D eigenvalue weighted by Crippen LogP contribution is -2.61. The Morgan fingerprint density at radius 2 is 0.909 bits per heavy atom. The van der Waals surface area contributed by atoms with Gasteiger partial charge in [0.25, 0.3) is 6.71 Å². The number of phenolic OH excluding ortho intramolecular Hbond substituents is 1. The fraction of sp³-hybridized carbons (Fsp3) is 0.268. The highest BCUT2D eigenvalue weighted by molar-refractivity contribution is 7.00. The lowest BCUT2D eigenvalue weighted by atomic mass is 9.33. The second-order valence-electron chi connectivity index (χ2n) is 28.5. The fourth-order valence-electron chi connectivity index (χ4n) is 12.2. The molecule has 13 rings (SSSR count). The first kappa shape index (κ1) is 62.3. The van der Waals surface area contributed by atoms with Gasteiger partial charge < -0.3 is 24.2 Å². The molecule has 0 radical (unpaired) electrons. The summed E-state index contributed by atoms with van der Waals surface area (Å²) < 4.78 is 6.27. The fourth-order valence-corrected chi connectivity index (χ4v) is 12.2. The van der Waals surface area contributed by atoms with Crippen LogP contribution < -0.4 is 31.1 Å². The Balaban J connectivity index is 0.000000209. The minimum absolute atomic E-state index is 0.00515. The molecule has 0 aliphatic carbocycles. The van der Waals surface area contributed by atoms with Crippen molar-refractivity contribution in [1.82, 2.24) is 0 Å². The van der Waals surface area contributed by atoms with Gasteiger partial charge >= 0.3 is 0 Å². The molecular formula is C82H90BN3O2. The van der Waals surface area contributed by atoms with Gasteiger partial charge in [-0.25, -0.2) is 0 Å². The lowest BCUT2D eigenvalue weighted by molar-refractivity contribution is 0.465. The van der Waals surface area contributed by atoms with E-state index < -0.39 is 0 Å². The van der Waals surface area contributed by atoms with Crippen molar-refractivity contribution in [3.8, 4) is 16.9 Å². The Morgan fingerprint density at radius 1 is 0.432 bits per heavy atom. The zero-order chi connectivity index (χ0) is 63.0. The van der Waals surface area contributed by atoms with Gasteiger partial charge in [-0.1, -0.05) is 243 Å². The van der Waals surface area contributed by atoms with Crippen LogP contribution in [0.4, 0.5) is 39.8 Å². The Bertz CT molecular complexity index is 4210. The Labute approximate surface area is 526 Å². The van der Waals surface area contributed by atoms with Crippen molar-refractivity contribution in [2.45, 2.75) is 131 Å². The number of rotatable bonds is 5. The first-order chi connectivity index (χ1) is 41.7. The maximum atomic E-state index is 9.28. The number of aryl methyl sites for hydroxylation is 1. The summed E-state index contributed by atoms with van der Waals surface area (Å²) in [5.41, 5.74) is 25.1. The molecule has 448 valence electrons. The predicted molar refractivity (Wildman–Crippen MR) is 382 cm³/mol. The largest absolute Gasteiger partial charge is 0.508 e. The third kappa shape index (κ3) is 13.1. The molecule has 2 aliphatic rings. The monoisotopic (exact) mass is 1160 g/mol. The summed E-state index contributed by atoms with van der Waals surface area (Å²) in [6.07, 6.45) is 0. The number of para-hydroxylation sites is 3. The molecule has 1 aromatic heterocycles. The van der Waals surface area contributed by atoms with E-state index in [4.69, 9.17) is 4.42 Å². The van der Waals surface area contributed by atoms with Crippen molar-refractivity contribution in [3.63, 3.8) is 0 Å². The summed E-state index contributed by atoms with van der Waals surface area (Å²) in [6, 6.07) is 80.9. The van der Waals surface area contributed by atoms with Crippen LogP contribution >= 0.6 is 0 Å². The Hall–Kier alpha value is -8.74. The van der Waals surface area contributed by atoms with Gasteiger partial charge in [0.15, 0.2) is 0 Å². The molecule has 0 fully saturated rings. The molecule has 0 amide bonds. The minimum Gasteiger partial charge on any atom is -0.508 e. The van der Waals surface area contributed by atoms with Gasteiger partial charge in [-0.3, -0.25) is 0 Å². The van der Waals surface area contributed by atoms with E-state index >= 15 is 0 Å². The Kier molecular flexibility index (Phi) is 17.6. The third-order valence-corrected chi connectivity index (χ3v) is 17.3. The molecule has 5 nitrogen and oxygen atoms in total. The molecule has 88 heavy (non-hydrogen) atoms. The van der Waals surface area contributed by atoms with Gasteiger partial charge in [-0.15, -0.1) is 0 Å².